The van der Waals surface area contributed by atoms with E-state index in [1.165, 1.54) is 12.1 Å². The van der Waals surface area contributed by atoms with E-state index in [0.29, 0.717) is 42.9 Å². The number of nitrogens with one attached hydrogen (secondary N) is 2. The SMILES string of the molecule is CCNC(=NCc1nc(-c2ccco2)n[nH]1)N(C)CCOc1ccc(F)cc1. The lowest BCUT2D eigenvalue weighted by Gasteiger charge is -2.22. The number of likely N-dealkylation sites (N-methyl/N-ethyl adjacent to an activating group) is 1. The molecular weight excluding hydrogens is 363 g/mol. The van der Waals surface area contributed by atoms with Gasteiger partial charge < -0.3 is 19.4 Å². The molecule has 2 aromatic heterocycles. The van der Waals surface area contributed by atoms with Crippen LogP contribution in [0.5, 0.6) is 5.75 Å². The minimum Gasteiger partial charge on any atom is -0.492 e. The summed E-state index contributed by atoms with van der Waals surface area (Å²) in [7, 11) is 1.92. The predicted octanol–water partition coefficient (Wildman–Crippen LogP) is 2.68. The number of benzene rings is 1. The Labute approximate surface area is 162 Å². The molecule has 1 aromatic carbocycles. The summed E-state index contributed by atoms with van der Waals surface area (Å²) in [5.74, 6) is 2.81. The smallest absolute Gasteiger partial charge is 0.216 e. The summed E-state index contributed by atoms with van der Waals surface area (Å²) < 4.78 is 23.9. The molecule has 0 fully saturated rings. The molecule has 0 saturated carbocycles. The van der Waals surface area contributed by atoms with Gasteiger partial charge >= 0.3 is 0 Å². The molecule has 0 unspecified atom stereocenters. The van der Waals surface area contributed by atoms with Crippen LogP contribution in [0, 0.1) is 5.82 Å². The molecule has 2 heterocycles. The fourth-order valence-corrected chi connectivity index (χ4v) is 2.44. The van der Waals surface area contributed by atoms with Crippen molar-refractivity contribution in [1.82, 2.24) is 25.4 Å². The molecule has 0 amide bonds. The maximum Gasteiger partial charge on any atom is 0.216 e. The number of aromatic nitrogens is 3. The molecule has 0 atom stereocenters. The van der Waals surface area contributed by atoms with Crippen molar-refractivity contribution < 1.29 is 13.5 Å². The van der Waals surface area contributed by atoms with Gasteiger partial charge in [-0.1, -0.05) is 0 Å². The van der Waals surface area contributed by atoms with Gasteiger partial charge in [0.05, 0.1) is 12.8 Å². The van der Waals surface area contributed by atoms with Gasteiger partial charge in [-0.3, -0.25) is 5.10 Å². The Morgan fingerprint density at radius 1 is 1.32 bits per heavy atom. The van der Waals surface area contributed by atoms with Crippen LogP contribution in [0.25, 0.3) is 11.6 Å². The van der Waals surface area contributed by atoms with Crippen LogP contribution in [-0.4, -0.2) is 52.8 Å². The van der Waals surface area contributed by atoms with Crippen molar-refractivity contribution in [2.24, 2.45) is 4.99 Å². The number of halogens is 1. The van der Waals surface area contributed by atoms with Crippen LogP contribution in [0.4, 0.5) is 4.39 Å². The number of hydrogen-bond donors (Lipinski definition) is 2. The van der Waals surface area contributed by atoms with Gasteiger partial charge in [-0.25, -0.2) is 14.4 Å². The zero-order valence-electron chi connectivity index (χ0n) is 15.9. The Morgan fingerprint density at radius 3 is 2.86 bits per heavy atom. The van der Waals surface area contributed by atoms with Crippen molar-refractivity contribution in [3.8, 4) is 17.3 Å². The van der Waals surface area contributed by atoms with E-state index in [2.05, 4.69) is 25.5 Å². The van der Waals surface area contributed by atoms with Gasteiger partial charge in [0, 0.05) is 13.6 Å². The van der Waals surface area contributed by atoms with Crippen molar-refractivity contribution in [1.29, 1.82) is 0 Å². The molecule has 0 bridgehead atoms. The number of H-pyrrole nitrogens is 1. The number of furan rings is 1. The predicted molar refractivity (Wildman–Crippen MR) is 103 cm³/mol. The highest BCUT2D eigenvalue weighted by Crippen LogP contribution is 2.14. The average molecular weight is 386 g/mol. The van der Waals surface area contributed by atoms with Crippen molar-refractivity contribution in [3.05, 3.63) is 54.3 Å². The first-order chi connectivity index (χ1) is 13.7. The first-order valence-corrected chi connectivity index (χ1v) is 8.98. The van der Waals surface area contributed by atoms with Gasteiger partial charge in [0.25, 0.3) is 0 Å². The van der Waals surface area contributed by atoms with E-state index in [1.807, 2.05) is 18.9 Å². The van der Waals surface area contributed by atoms with Crippen molar-refractivity contribution >= 4 is 5.96 Å². The average Bonchev–Trinajstić information content (AvgIpc) is 3.38. The maximum atomic E-state index is 12.9. The second-order valence-electron chi connectivity index (χ2n) is 5.98. The summed E-state index contributed by atoms with van der Waals surface area (Å²) >= 11 is 0. The lowest BCUT2D eigenvalue weighted by Crippen LogP contribution is -2.40. The molecule has 148 valence electrons. The molecule has 0 aliphatic rings. The van der Waals surface area contributed by atoms with Crippen LogP contribution in [0.1, 0.15) is 12.7 Å². The van der Waals surface area contributed by atoms with Gasteiger partial charge in [-0.15, -0.1) is 5.10 Å². The molecular formula is C19H23FN6O2. The Kier molecular flexibility index (Phi) is 6.61. The van der Waals surface area contributed by atoms with Crippen LogP contribution in [-0.2, 0) is 6.54 Å². The summed E-state index contributed by atoms with van der Waals surface area (Å²) in [6.45, 7) is 4.13. The van der Waals surface area contributed by atoms with E-state index >= 15 is 0 Å². The number of ether oxygens (including phenoxy) is 1. The largest absolute Gasteiger partial charge is 0.492 e. The van der Waals surface area contributed by atoms with E-state index in [1.54, 1.807) is 30.5 Å². The lowest BCUT2D eigenvalue weighted by atomic mass is 10.3. The topological polar surface area (TPSA) is 91.6 Å². The molecule has 0 saturated heterocycles. The number of rotatable bonds is 8. The summed E-state index contributed by atoms with van der Waals surface area (Å²) in [6.07, 6.45) is 1.58. The second-order valence-corrected chi connectivity index (χ2v) is 5.98. The molecule has 0 radical (unpaired) electrons. The maximum absolute atomic E-state index is 12.9. The van der Waals surface area contributed by atoms with Crippen LogP contribution >= 0.6 is 0 Å². The number of hydrogen-bond acceptors (Lipinski definition) is 5. The summed E-state index contributed by atoms with van der Waals surface area (Å²) in [5.41, 5.74) is 0. The highest BCUT2D eigenvalue weighted by molar-refractivity contribution is 5.79. The Morgan fingerprint density at radius 2 is 2.14 bits per heavy atom. The minimum absolute atomic E-state index is 0.284. The molecule has 2 N–H and O–H groups in total. The number of guanidine groups is 1. The highest BCUT2D eigenvalue weighted by atomic mass is 19.1. The molecule has 3 aromatic rings. The zero-order chi connectivity index (χ0) is 19.8. The van der Waals surface area contributed by atoms with E-state index in [9.17, 15) is 4.39 Å². The second kappa shape index (κ2) is 9.54. The Balaban J connectivity index is 1.54. The third kappa shape index (κ3) is 5.32. The molecule has 28 heavy (non-hydrogen) atoms. The quantitative estimate of drug-likeness (QED) is 0.457. The van der Waals surface area contributed by atoms with E-state index in [4.69, 9.17) is 9.15 Å². The fraction of sp³-hybridized carbons (Fsp3) is 0.316. The first-order valence-electron chi connectivity index (χ1n) is 8.98. The molecule has 0 aliphatic heterocycles. The van der Waals surface area contributed by atoms with E-state index in [0.717, 1.165) is 12.5 Å². The van der Waals surface area contributed by atoms with E-state index in [-0.39, 0.29) is 5.82 Å². The molecule has 8 nitrogen and oxygen atoms in total. The van der Waals surface area contributed by atoms with Crippen LogP contribution in [0.3, 0.4) is 0 Å². The van der Waals surface area contributed by atoms with Crippen molar-refractivity contribution in [2.45, 2.75) is 13.5 Å². The highest BCUT2D eigenvalue weighted by Gasteiger charge is 2.10. The third-order valence-corrected chi connectivity index (χ3v) is 3.86. The Bertz CT molecular complexity index is 876. The van der Waals surface area contributed by atoms with Gasteiger partial charge in [0.15, 0.2) is 11.7 Å². The van der Waals surface area contributed by atoms with Crippen molar-refractivity contribution in [3.63, 3.8) is 0 Å². The number of nitrogens with zero attached hydrogens (tertiary/aromatic N) is 4. The fourth-order valence-electron chi connectivity index (χ4n) is 2.44. The normalized spacial score (nSPS) is 11.5. The summed E-state index contributed by atoms with van der Waals surface area (Å²) in [5, 5.41) is 10.2. The molecule has 3 rings (SSSR count). The zero-order valence-corrected chi connectivity index (χ0v) is 15.9. The van der Waals surface area contributed by atoms with Crippen LogP contribution in [0.2, 0.25) is 0 Å². The Hall–Kier alpha value is -3.36. The van der Waals surface area contributed by atoms with E-state index < -0.39 is 0 Å². The lowest BCUT2D eigenvalue weighted by molar-refractivity contribution is 0.281. The summed E-state index contributed by atoms with van der Waals surface area (Å²) in [4.78, 5) is 10.9. The molecule has 9 heteroatoms. The van der Waals surface area contributed by atoms with Gasteiger partial charge in [0.1, 0.15) is 30.5 Å². The first kappa shape index (κ1) is 19.4. The number of aromatic amines is 1. The van der Waals surface area contributed by atoms with Crippen LogP contribution < -0.4 is 10.1 Å². The third-order valence-electron chi connectivity index (χ3n) is 3.86. The molecule has 0 spiro atoms. The van der Waals surface area contributed by atoms with Gasteiger partial charge in [-0.05, 0) is 43.3 Å². The van der Waals surface area contributed by atoms with Gasteiger partial charge in [-0.2, -0.15) is 0 Å². The van der Waals surface area contributed by atoms with Crippen LogP contribution in [0.15, 0.2) is 52.1 Å². The number of aliphatic imine (C=N–C) groups is 1. The molecule has 0 aliphatic carbocycles. The standard InChI is InChI=1S/C19H23FN6O2/c1-3-21-19(26(2)10-12-27-15-8-6-14(20)7-9-15)22-13-17-23-18(25-24-17)16-5-4-11-28-16/h4-9,11H,3,10,12-13H2,1-2H3,(H,21,22)(H,23,24,25). The van der Waals surface area contributed by atoms with Crippen molar-refractivity contribution in [2.75, 3.05) is 26.7 Å². The summed E-state index contributed by atoms with van der Waals surface area (Å²) in [6, 6.07) is 9.55. The minimum atomic E-state index is -0.284. The van der Waals surface area contributed by atoms with Gasteiger partial charge in [0.2, 0.25) is 5.82 Å². The monoisotopic (exact) mass is 386 g/mol.